The first-order valence-corrected chi connectivity index (χ1v) is 19.2. The van der Waals surface area contributed by atoms with Crippen molar-refractivity contribution in [3.8, 4) is 68.8 Å². The van der Waals surface area contributed by atoms with Crippen LogP contribution < -0.4 is 0 Å². The van der Waals surface area contributed by atoms with Gasteiger partial charge < -0.3 is 0 Å². The first-order valence-electron chi connectivity index (χ1n) is 17.6. The maximum absolute atomic E-state index is 10.8. The molecule has 2 aliphatic heterocycles. The van der Waals surface area contributed by atoms with Crippen LogP contribution in [0, 0.1) is 45.3 Å². The van der Waals surface area contributed by atoms with Gasteiger partial charge in [0, 0.05) is 41.1 Å². The molecule has 0 saturated carbocycles. The zero-order chi connectivity index (χ0) is 38.2. The van der Waals surface area contributed by atoms with Gasteiger partial charge in [-0.25, -0.2) is 9.97 Å². The van der Waals surface area contributed by atoms with Crippen molar-refractivity contribution in [3.05, 3.63) is 168 Å². The molecular formula is C48H24N6S2. The minimum absolute atomic E-state index is 0.196. The number of hydrogen-bond donors (Lipinski definition) is 0. The van der Waals surface area contributed by atoms with E-state index in [2.05, 4.69) is 24.3 Å². The van der Waals surface area contributed by atoms with Crippen LogP contribution in [-0.4, -0.2) is 9.97 Å². The Hall–Kier alpha value is -7.72. The minimum atomic E-state index is 0.196. The molecule has 5 heterocycles. The molecule has 0 aliphatic carbocycles. The molecule has 6 nitrogen and oxygen atoms in total. The Morgan fingerprint density at radius 1 is 0.304 bits per heavy atom. The number of aromatic nitrogens is 2. The van der Waals surface area contributed by atoms with Crippen LogP contribution in [0.1, 0.15) is 22.8 Å². The summed E-state index contributed by atoms with van der Waals surface area (Å²) in [6.07, 6.45) is 0. The van der Waals surface area contributed by atoms with Crippen molar-refractivity contribution in [3.63, 3.8) is 0 Å². The summed E-state index contributed by atoms with van der Waals surface area (Å²) in [7, 11) is 0. The van der Waals surface area contributed by atoms with Crippen LogP contribution in [0.25, 0.3) is 85.6 Å². The fourth-order valence-electron chi connectivity index (χ4n) is 7.30. The first kappa shape index (κ1) is 34.1. The molecule has 0 amide bonds. The van der Waals surface area contributed by atoms with Gasteiger partial charge in [0.1, 0.15) is 24.3 Å². The second kappa shape index (κ2) is 14.3. The topological polar surface area (TPSA) is 121 Å². The van der Waals surface area contributed by atoms with E-state index in [1.54, 1.807) is 0 Å². The van der Waals surface area contributed by atoms with E-state index in [-0.39, 0.29) is 22.3 Å². The molecule has 0 fully saturated rings. The van der Waals surface area contributed by atoms with E-state index in [0.29, 0.717) is 45.0 Å². The molecule has 56 heavy (non-hydrogen) atoms. The summed E-state index contributed by atoms with van der Waals surface area (Å²) in [6, 6.07) is 56.4. The summed E-state index contributed by atoms with van der Waals surface area (Å²) in [6.45, 7) is 0. The van der Waals surface area contributed by atoms with Gasteiger partial charge in [0.25, 0.3) is 0 Å². The lowest BCUT2D eigenvalue weighted by Crippen LogP contribution is -1.88. The quantitative estimate of drug-likeness (QED) is 0.177. The number of rotatable bonds is 4. The highest BCUT2D eigenvalue weighted by molar-refractivity contribution is 7.24. The summed E-state index contributed by atoms with van der Waals surface area (Å²) >= 11 is 2.95. The van der Waals surface area contributed by atoms with Crippen LogP contribution in [0.5, 0.6) is 0 Å². The molecule has 0 spiro atoms. The van der Waals surface area contributed by atoms with Crippen molar-refractivity contribution in [1.29, 1.82) is 21.0 Å². The molecule has 0 radical (unpaired) electrons. The Balaban J connectivity index is 1.60. The first-order chi connectivity index (χ1) is 27.6. The van der Waals surface area contributed by atoms with E-state index in [4.69, 9.17) is 9.97 Å². The van der Waals surface area contributed by atoms with Gasteiger partial charge >= 0.3 is 0 Å². The van der Waals surface area contributed by atoms with Gasteiger partial charge in [-0.05, 0) is 46.5 Å². The van der Waals surface area contributed by atoms with Crippen LogP contribution in [0.3, 0.4) is 0 Å². The number of benzene rings is 4. The van der Waals surface area contributed by atoms with Crippen molar-refractivity contribution in [2.24, 2.45) is 0 Å². The summed E-state index contributed by atoms with van der Waals surface area (Å²) in [5, 5.41) is 43.3. The monoisotopic (exact) mass is 748 g/mol. The number of allylic oxidation sites excluding steroid dienone is 4. The van der Waals surface area contributed by atoms with Crippen LogP contribution in [-0.2, 0) is 0 Å². The van der Waals surface area contributed by atoms with Crippen molar-refractivity contribution in [1.82, 2.24) is 9.97 Å². The average Bonchev–Trinajstić information content (AvgIpc) is 4.06. The lowest BCUT2D eigenvalue weighted by atomic mass is 9.96. The van der Waals surface area contributed by atoms with E-state index in [9.17, 15) is 21.0 Å². The Morgan fingerprint density at radius 2 is 0.518 bits per heavy atom. The third-order valence-electron chi connectivity index (χ3n) is 9.74. The predicted molar refractivity (Wildman–Crippen MR) is 226 cm³/mol. The largest absolute Gasteiger partial charge is 0.245 e. The standard InChI is InChI=1S/C48H24N6S2/c49-25-33-34(26-50)46-43(31-17-9-3-10-18-31)39-23-24-40(56-39)44(32-19-11-4-12-20-32)48-36(28-52)35(27-51)47(54-48)42(30-15-7-2-8-16-30)38-22-21-37(55-38)41(45(33)53-46)29-13-5-1-6-14-29/h1-24H. The number of fused-ring (bicyclic) bond motifs is 8. The second-order valence-electron chi connectivity index (χ2n) is 12.9. The summed E-state index contributed by atoms with van der Waals surface area (Å²) in [4.78, 5) is 10.5. The third-order valence-corrected chi connectivity index (χ3v) is 12.0. The van der Waals surface area contributed by atoms with E-state index < -0.39 is 0 Å². The molecular weight excluding hydrogens is 725 g/mol. The predicted octanol–water partition coefficient (Wildman–Crippen LogP) is 12.4. The number of thiophene rings is 2. The van der Waals surface area contributed by atoms with E-state index in [1.807, 2.05) is 146 Å². The Kier molecular flexibility index (Phi) is 8.67. The Bertz CT molecular complexity index is 2730. The summed E-state index contributed by atoms with van der Waals surface area (Å²) in [5.74, 6) is 0. The zero-order valence-electron chi connectivity index (χ0n) is 29.4. The van der Waals surface area contributed by atoms with Gasteiger partial charge in [0.05, 0.1) is 45.1 Å². The lowest BCUT2D eigenvalue weighted by Gasteiger charge is -2.06. The summed E-state index contributed by atoms with van der Waals surface area (Å²) < 4.78 is 3.22. The van der Waals surface area contributed by atoms with Crippen LogP contribution in [0.15, 0.2) is 146 Å². The molecule has 0 saturated heterocycles. The van der Waals surface area contributed by atoms with Crippen molar-refractivity contribution in [2.45, 2.75) is 0 Å². The molecule has 0 atom stereocenters. The highest BCUT2D eigenvalue weighted by atomic mass is 32.1. The zero-order valence-corrected chi connectivity index (χ0v) is 31.0. The minimum Gasteiger partial charge on any atom is -0.245 e. The third kappa shape index (κ3) is 5.59. The molecule has 0 unspecified atom stereocenters. The number of nitriles is 4. The van der Waals surface area contributed by atoms with Gasteiger partial charge in [-0.15, -0.1) is 22.7 Å². The molecule has 7 aromatic rings. The molecule has 8 bridgehead atoms. The molecule has 3 aromatic heterocycles. The van der Waals surface area contributed by atoms with E-state index >= 15 is 0 Å². The maximum atomic E-state index is 10.8. The fraction of sp³-hybridized carbons (Fsp3) is 0. The van der Waals surface area contributed by atoms with Crippen molar-refractivity contribution in [2.75, 3.05) is 0 Å². The number of hydrogen-bond acceptors (Lipinski definition) is 8. The highest BCUT2D eigenvalue weighted by Crippen LogP contribution is 2.47. The SMILES string of the molecule is N#CC1=C(C#N)c2nc1c(-c1ccccc1)c1ccc(s1)c(-c1ccccc1)c1nc(c(-c3ccccc3)c3ccc(s3)c2-c2ccccc2)C(C#N)=C1C#N. The molecule has 0 N–H and O–H groups in total. The Labute approximate surface area is 330 Å². The van der Waals surface area contributed by atoms with Crippen molar-refractivity contribution >= 4 is 63.8 Å². The molecule has 258 valence electrons. The second-order valence-corrected chi connectivity index (χ2v) is 15.0. The maximum Gasteiger partial charge on any atom is 0.103 e. The van der Waals surface area contributed by atoms with Gasteiger partial charge in [0.2, 0.25) is 0 Å². The molecule has 2 aliphatic rings. The molecule has 4 aromatic carbocycles. The number of nitrogens with zero attached hydrogens (tertiary/aromatic N) is 6. The highest BCUT2D eigenvalue weighted by Gasteiger charge is 2.30. The van der Waals surface area contributed by atoms with Crippen molar-refractivity contribution < 1.29 is 0 Å². The summed E-state index contributed by atoms with van der Waals surface area (Å²) in [5.41, 5.74) is 8.54. The Morgan fingerprint density at radius 3 is 0.714 bits per heavy atom. The fourth-order valence-corrected chi connectivity index (χ4v) is 9.58. The lowest BCUT2D eigenvalue weighted by molar-refractivity contribution is 1.31. The smallest absolute Gasteiger partial charge is 0.103 e. The van der Waals surface area contributed by atoms with Crippen LogP contribution in [0.4, 0.5) is 0 Å². The van der Waals surface area contributed by atoms with E-state index in [1.165, 1.54) is 22.7 Å². The van der Waals surface area contributed by atoms with E-state index in [0.717, 1.165) is 41.1 Å². The van der Waals surface area contributed by atoms with Gasteiger partial charge in [-0.2, -0.15) is 21.0 Å². The molecule has 8 heteroatoms. The van der Waals surface area contributed by atoms with Crippen LogP contribution >= 0.6 is 22.7 Å². The van der Waals surface area contributed by atoms with Gasteiger partial charge in [-0.1, -0.05) is 121 Å². The molecule has 9 rings (SSSR count). The average molecular weight is 749 g/mol. The normalized spacial score (nSPS) is 12.1. The van der Waals surface area contributed by atoms with Crippen LogP contribution in [0.2, 0.25) is 0 Å². The van der Waals surface area contributed by atoms with Gasteiger partial charge in [0.15, 0.2) is 0 Å². The van der Waals surface area contributed by atoms with Gasteiger partial charge in [-0.3, -0.25) is 0 Å².